The number of nitrogens with one attached hydrogen (secondary N) is 1. The number of carbonyl (C=O) groups is 1. The van der Waals surface area contributed by atoms with E-state index in [4.69, 9.17) is 9.47 Å². The molecule has 150 valence electrons. The first-order valence-electron chi connectivity index (χ1n) is 8.81. The lowest BCUT2D eigenvalue weighted by Crippen LogP contribution is -2.14. The van der Waals surface area contributed by atoms with Crippen molar-refractivity contribution in [1.82, 2.24) is 9.78 Å². The molecule has 0 spiro atoms. The molecular weight excluding hydrogens is 387 g/mol. The number of aromatic nitrogens is 2. The van der Waals surface area contributed by atoms with Crippen LogP contribution in [0, 0.1) is 0 Å². The standard InChI is InChI=1S/C20H16F3N3O3/c1-2-26-16(12-6-7-17-18(8-12)29-11-28-17)10-15(25-26)19(27)24-14-5-3-4-13(9-14)20(21,22)23/h3-10H,2,11H2,1H3,(H,24,27). The molecule has 2 heterocycles. The summed E-state index contributed by atoms with van der Waals surface area (Å²) >= 11 is 0. The van der Waals surface area contributed by atoms with Crippen LogP contribution in [0.3, 0.4) is 0 Å². The fourth-order valence-electron chi connectivity index (χ4n) is 3.03. The number of rotatable bonds is 4. The zero-order valence-electron chi connectivity index (χ0n) is 15.3. The maximum absolute atomic E-state index is 12.9. The highest BCUT2D eigenvalue weighted by Crippen LogP contribution is 2.36. The fraction of sp³-hybridized carbons (Fsp3) is 0.200. The van der Waals surface area contributed by atoms with Crippen molar-refractivity contribution >= 4 is 11.6 Å². The average Bonchev–Trinajstić information content (AvgIpc) is 3.33. The van der Waals surface area contributed by atoms with E-state index in [1.807, 2.05) is 13.0 Å². The molecule has 29 heavy (non-hydrogen) atoms. The van der Waals surface area contributed by atoms with Crippen molar-refractivity contribution in [1.29, 1.82) is 0 Å². The molecule has 0 fully saturated rings. The predicted molar refractivity (Wildman–Crippen MR) is 98.9 cm³/mol. The Morgan fingerprint density at radius 2 is 1.93 bits per heavy atom. The summed E-state index contributed by atoms with van der Waals surface area (Å²) in [5.41, 5.74) is 0.759. The molecule has 0 atom stereocenters. The molecule has 1 aliphatic heterocycles. The van der Waals surface area contributed by atoms with E-state index in [1.54, 1.807) is 22.9 Å². The molecular formula is C20H16F3N3O3. The predicted octanol–water partition coefficient (Wildman–Crippen LogP) is 4.57. The van der Waals surface area contributed by atoms with Gasteiger partial charge < -0.3 is 14.8 Å². The molecule has 6 nitrogen and oxygen atoms in total. The Hall–Kier alpha value is -3.49. The Balaban J connectivity index is 1.60. The highest BCUT2D eigenvalue weighted by atomic mass is 19.4. The summed E-state index contributed by atoms with van der Waals surface area (Å²) in [5.74, 6) is 0.638. The first kappa shape index (κ1) is 18.9. The summed E-state index contributed by atoms with van der Waals surface area (Å²) in [4.78, 5) is 12.6. The van der Waals surface area contributed by atoms with Gasteiger partial charge in [-0.3, -0.25) is 9.48 Å². The van der Waals surface area contributed by atoms with Gasteiger partial charge in [0, 0.05) is 17.8 Å². The minimum Gasteiger partial charge on any atom is -0.454 e. The second kappa shape index (κ2) is 7.16. The number of halogens is 3. The van der Waals surface area contributed by atoms with Crippen LogP contribution in [0.5, 0.6) is 11.5 Å². The van der Waals surface area contributed by atoms with Crippen LogP contribution in [0.15, 0.2) is 48.5 Å². The summed E-state index contributed by atoms with van der Waals surface area (Å²) in [6.07, 6.45) is -4.49. The van der Waals surface area contributed by atoms with E-state index in [0.29, 0.717) is 23.7 Å². The highest BCUT2D eigenvalue weighted by Gasteiger charge is 2.30. The third-order valence-corrected chi connectivity index (χ3v) is 4.43. The largest absolute Gasteiger partial charge is 0.454 e. The molecule has 2 aromatic carbocycles. The van der Waals surface area contributed by atoms with Crippen molar-refractivity contribution in [2.45, 2.75) is 19.6 Å². The topological polar surface area (TPSA) is 65.4 Å². The van der Waals surface area contributed by atoms with Crippen LogP contribution in [0.1, 0.15) is 23.0 Å². The zero-order valence-corrected chi connectivity index (χ0v) is 15.3. The van der Waals surface area contributed by atoms with Crippen molar-refractivity contribution in [3.63, 3.8) is 0 Å². The number of ether oxygens (including phenoxy) is 2. The number of alkyl halides is 3. The molecule has 0 unspecified atom stereocenters. The molecule has 1 amide bonds. The van der Waals surface area contributed by atoms with Crippen LogP contribution in [0.4, 0.5) is 18.9 Å². The van der Waals surface area contributed by atoms with E-state index in [2.05, 4.69) is 10.4 Å². The number of hydrogen-bond donors (Lipinski definition) is 1. The van der Waals surface area contributed by atoms with Crippen LogP contribution >= 0.6 is 0 Å². The van der Waals surface area contributed by atoms with Gasteiger partial charge in [0.15, 0.2) is 17.2 Å². The maximum atomic E-state index is 12.9. The molecule has 1 aliphatic rings. The molecule has 0 aliphatic carbocycles. The lowest BCUT2D eigenvalue weighted by atomic mass is 10.1. The monoisotopic (exact) mass is 403 g/mol. The van der Waals surface area contributed by atoms with Crippen LogP contribution in [-0.4, -0.2) is 22.5 Å². The first-order valence-corrected chi connectivity index (χ1v) is 8.81. The SMILES string of the molecule is CCn1nc(C(=O)Nc2cccc(C(F)(F)F)c2)cc1-c1ccc2c(c1)OCO2. The van der Waals surface area contributed by atoms with E-state index in [9.17, 15) is 18.0 Å². The zero-order chi connectivity index (χ0) is 20.6. The first-order chi connectivity index (χ1) is 13.8. The minimum absolute atomic E-state index is 0.0421. The average molecular weight is 403 g/mol. The van der Waals surface area contributed by atoms with E-state index in [0.717, 1.165) is 17.7 Å². The van der Waals surface area contributed by atoms with Crippen LogP contribution in [-0.2, 0) is 12.7 Å². The maximum Gasteiger partial charge on any atom is 0.416 e. The van der Waals surface area contributed by atoms with Gasteiger partial charge in [-0.1, -0.05) is 6.07 Å². The van der Waals surface area contributed by atoms with Crippen molar-refractivity contribution in [3.05, 3.63) is 59.8 Å². The number of fused-ring (bicyclic) bond motifs is 1. The van der Waals surface area contributed by atoms with Gasteiger partial charge in [-0.2, -0.15) is 18.3 Å². The Morgan fingerprint density at radius 1 is 1.14 bits per heavy atom. The van der Waals surface area contributed by atoms with Gasteiger partial charge in [0.05, 0.1) is 11.3 Å². The molecule has 0 bridgehead atoms. The fourth-order valence-corrected chi connectivity index (χ4v) is 3.03. The minimum atomic E-state index is -4.49. The number of anilines is 1. The summed E-state index contributed by atoms with van der Waals surface area (Å²) < 4.78 is 50.9. The van der Waals surface area contributed by atoms with E-state index >= 15 is 0 Å². The van der Waals surface area contributed by atoms with E-state index in [-0.39, 0.29) is 18.2 Å². The molecule has 9 heteroatoms. The third-order valence-electron chi connectivity index (χ3n) is 4.43. The Kier molecular flexibility index (Phi) is 4.65. The van der Waals surface area contributed by atoms with Crippen molar-refractivity contribution < 1.29 is 27.4 Å². The lowest BCUT2D eigenvalue weighted by Gasteiger charge is -2.09. The molecule has 1 aromatic heterocycles. The number of nitrogens with zero attached hydrogens (tertiary/aromatic N) is 2. The van der Waals surface area contributed by atoms with Crippen LogP contribution < -0.4 is 14.8 Å². The Morgan fingerprint density at radius 3 is 2.69 bits per heavy atom. The highest BCUT2D eigenvalue weighted by molar-refractivity contribution is 6.03. The van der Waals surface area contributed by atoms with Crippen LogP contribution in [0.2, 0.25) is 0 Å². The van der Waals surface area contributed by atoms with Crippen molar-refractivity contribution in [2.24, 2.45) is 0 Å². The second-order valence-corrected chi connectivity index (χ2v) is 6.33. The van der Waals surface area contributed by atoms with Gasteiger partial charge in [-0.05, 0) is 49.4 Å². The Labute approximate surface area is 163 Å². The molecule has 4 rings (SSSR count). The summed E-state index contributed by atoms with van der Waals surface area (Å²) in [6.45, 7) is 2.52. The summed E-state index contributed by atoms with van der Waals surface area (Å²) in [5, 5.41) is 6.75. The third kappa shape index (κ3) is 3.75. The van der Waals surface area contributed by atoms with Crippen molar-refractivity contribution in [3.8, 4) is 22.8 Å². The second-order valence-electron chi connectivity index (χ2n) is 6.33. The molecule has 0 saturated heterocycles. The number of hydrogen-bond acceptors (Lipinski definition) is 4. The number of amides is 1. The number of benzene rings is 2. The van der Waals surface area contributed by atoms with Crippen LogP contribution in [0.25, 0.3) is 11.3 Å². The molecule has 0 radical (unpaired) electrons. The number of carbonyl (C=O) groups excluding carboxylic acids is 1. The van der Waals surface area contributed by atoms with Gasteiger partial charge in [0.2, 0.25) is 6.79 Å². The van der Waals surface area contributed by atoms with Crippen molar-refractivity contribution in [2.75, 3.05) is 12.1 Å². The summed E-state index contributed by atoms with van der Waals surface area (Å²) in [7, 11) is 0. The van der Waals surface area contributed by atoms with Gasteiger partial charge in [-0.15, -0.1) is 0 Å². The smallest absolute Gasteiger partial charge is 0.416 e. The Bertz CT molecular complexity index is 1080. The quantitative estimate of drug-likeness (QED) is 0.693. The molecule has 1 N–H and O–H groups in total. The summed E-state index contributed by atoms with van der Waals surface area (Å²) in [6, 6.07) is 11.4. The van der Waals surface area contributed by atoms with E-state index in [1.165, 1.54) is 12.1 Å². The van der Waals surface area contributed by atoms with Gasteiger partial charge >= 0.3 is 6.18 Å². The lowest BCUT2D eigenvalue weighted by molar-refractivity contribution is -0.137. The van der Waals surface area contributed by atoms with Gasteiger partial charge in [0.1, 0.15) is 0 Å². The normalized spacial score (nSPS) is 12.8. The van der Waals surface area contributed by atoms with Gasteiger partial charge in [-0.25, -0.2) is 0 Å². The van der Waals surface area contributed by atoms with E-state index < -0.39 is 17.6 Å². The molecule has 3 aromatic rings. The molecule has 0 saturated carbocycles. The number of aryl methyl sites for hydroxylation is 1. The van der Waals surface area contributed by atoms with Gasteiger partial charge in [0.25, 0.3) is 5.91 Å².